The van der Waals surface area contributed by atoms with Gasteiger partial charge in [-0.3, -0.25) is 14.9 Å². The number of rotatable bonds is 5. The molecule has 25 heavy (non-hydrogen) atoms. The molecule has 1 aliphatic rings. The molecule has 0 aliphatic heterocycles. The summed E-state index contributed by atoms with van der Waals surface area (Å²) in [6.07, 6.45) is -2.09. The van der Waals surface area contributed by atoms with Crippen LogP contribution in [0.3, 0.4) is 0 Å². The fourth-order valence-corrected chi connectivity index (χ4v) is 1.92. The Bertz CT molecular complexity index is 782. The average Bonchev–Trinajstić information content (AvgIpc) is 3.28. The van der Waals surface area contributed by atoms with E-state index in [-0.39, 0.29) is 29.2 Å². The van der Waals surface area contributed by atoms with Crippen molar-refractivity contribution in [2.45, 2.75) is 19.2 Å². The van der Waals surface area contributed by atoms with Gasteiger partial charge in [-0.15, -0.1) is 13.2 Å². The van der Waals surface area contributed by atoms with Crippen LogP contribution in [0.2, 0.25) is 0 Å². The molecule has 10 heteroatoms. The van der Waals surface area contributed by atoms with E-state index >= 15 is 0 Å². The van der Waals surface area contributed by atoms with Crippen LogP contribution in [0.1, 0.15) is 23.3 Å². The van der Waals surface area contributed by atoms with Crippen molar-refractivity contribution in [2.24, 2.45) is 5.92 Å². The van der Waals surface area contributed by atoms with Crippen molar-refractivity contribution in [1.29, 1.82) is 0 Å². The molecule has 0 spiro atoms. The zero-order valence-corrected chi connectivity index (χ0v) is 12.6. The highest BCUT2D eigenvalue weighted by atomic mass is 19.4. The number of nitrogens with one attached hydrogen (secondary N) is 2. The van der Waals surface area contributed by atoms with Crippen LogP contribution in [-0.2, 0) is 4.79 Å². The number of halogens is 3. The molecule has 1 fully saturated rings. The first-order chi connectivity index (χ1) is 11.8. The molecule has 7 nitrogen and oxygen atoms in total. The van der Waals surface area contributed by atoms with E-state index in [4.69, 9.17) is 4.42 Å². The van der Waals surface area contributed by atoms with Crippen LogP contribution >= 0.6 is 0 Å². The van der Waals surface area contributed by atoms with Crippen LogP contribution in [0, 0.1) is 5.92 Å². The van der Waals surface area contributed by atoms with Gasteiger partial charge in [-0.25, -0.2) is 0 Å². The summed E-state index contributed by atoms with van der Waals surface area (Å²) in [6.45, 7) is 0. The number of nitrogens with zero attached hydrogens (tertiary/aromatic N) is 1. The van der Waals surface area contributed by atoms with E-state index in [1.54, 1.807) is 0 Å². The Labute approximate surface area is 139 Å². The molecule has 1 heterocycles. The van der Waals surface area contributed by atoms with Crippen LogP contribution in [0.5, 0.6) is 5.75 Å². The molecule has 2 amide bonds. The van der Waals surface area contributed by atoms with Gasteiger partial charge >= 0.3 is 12.4 Å². The topological polar surface area (TPSA) is 93.5 Å². The number of amides is 2. The maximum absolute atomic E-state index is 12.1. The highest BCUT2D eigenvalue weighted by Gasteiger charge is 2.31. The molecule has 0 unspecified atom stereocenters. The van der Waals surface area contributed by atoms with Gasteiger partial charge in [0.05, 0.1) is 0 Å². The second-order valence-corrected chi connectivity index (χ2v) is 5.33. The first-order valence-corrected chi connectivity index (χ1v) is 7.24. The van der Waals surface area contributed by atoms with E-state index in [0.717, 1.165) is 31.2 Å². The number of anilines is 2. The van der Waals surface area contributed by atoms with Crippen molar-refractivity contribution in [3.63, 3.8) is 0 Å². The number of benzene rings is 1. The van der Waals surface area contributed by atoms with Crippen molar-refractivity contribution < 1.29 is 31.9 Å². The average molecular weight is 355 g/mol. The van der Waals surface area contributed by atoms with Gasteiger partial charge in [-0.1, -0.05) is 0 Å². The number of hydrogen-bond acceptors (Lipinski definition) is 5. The second kappa shape index (κ2) is 6.46. The second-order valence-electron chi connectivity index (χ2n) is 5.33. The SMILES string of the molecule is O=C(Nc1ccc(OC(F)(F)F)cc1)c1coc(NC(=O)C2CC2)n1. The monoisotopic (exact) mass is 355 g/mol. The zero-order chi connectivity index (χ0) is 18.0. The Hall–Kier alpha value is -3.04. The summed E-state index contributed by atoms with van der Waals surface area (Å²) in [4.78, 5) is 27.4. The lowest BCUT2D eigenvalue weighted by Crippen LogP contribution is -2.17. The summed E-state index contributed by atoms with van der Waals surface area (Å²) in [7, 11) is 0. The first-order valence-electron chi connectivity index (χ1n) is 7.24. The summed E-state index contributed by atoms with van der Waals surface area (Å²) in [5.74, 6) is -1.30. The molecule has 132 valence electrons. The molecule has 1 saturated carbocycles. The predicted molar refractivity (Wildman–Crippen MR) is 78.9 cm³/mol. The summed E-state index contributed by atoms with van der Waals surface area (Å²) in [6, 6.07) is 4.53. The molecule has 3 rings (SSSR count). The maximum atomic E-state index is 12.1. The number of carbonyl (C=O) groups excluding carboxylic acids is 2. The van der Waals surface area contributed by atoms with Gasteiger partial charge < -0.3 is 14.5 Å². The Morgan fingerprint density at radius 3 is 2.44 bits per heavy atom. The quantitative estimate of drug-likeness (QED) is 0.859. The van der Waals surface area contributed by atoms with Gasteiger partial charge in [0.1, 0.15) is 12.0 Å². The van der Waals surface area contributed by atoms with Gasteiger partial charge in [0.2, 0.25) is 5.91 Å². The van der Waals surface area contributed by atoms with Gasteiger partial charge in [-0.2, -0.15) is 4.98 Å². The van der Waals surface area contributed by atoms with Crippen LogP contribution < -0.4 is 15.4 Å². The van der Waals surface area contributed by atoms with Crippen molar-refractivity contribution >= 4 is 23.5 Å². The third-order valence-corrected chi connectivity index (χ3v) is 3.26. The fourth-order valence-electron chi connectivity index (χ4n) is 1.92. The lowest BCUT2D eigenvalue weighted by Gasteiger charge is -2.09. The molecule has 0 atom stereocenters. The molecule has 0 radical (unpaired) electrons. The largest absolute Gasteiger partial charge is 0.573 e. The summed E-state index contributed by atoms with van der Waals surface area (Å²) in [5, 5.41) is 4.89. The number of alkyl halides is 3. The Balaban J connectivity index is 1.58. The number of oxazole rings is 1. The number of hydrogen-bond donors (Lipinski definition) is 2. The van der Waals surface area contributed by atoms with Crippen molar-refractivity contribution in [3.8, 4) is 5.75 Å². The van der Waals surface area contributed by atoms with E-state index in [0.29, 0.717) is 0 Å². The maximum Gasteiger partial charge on any atom is 0.573 e. The van der Waals surface area contributed by atoms with Gasteiger partial charge in [0.15, 0.2) is 5.69 Å². The highest BCUT2D eigenvalue weighted by Crippen LogP contribution is 2.30. The lowest BCUT2D eigenvalue weighted by molar-refractivity contribution is -0.274. The van der Waals surface area contributed by atoms with Crippen molar-refractivity contribution in [2.75, 3.05) is 10.6 Å². The van der Waals surface area contributed by atoms with Crippen LogP contribution in [-0.4, -0.2) is 23.2 Å². The Morgan fingerprint density at radius 2 is 1.84 bits per heavy atom. The van der Waals surface area contributed by atoms with Gasteiger partial charge in [0, 0.05) is 11.6 Å². The van der Waals surface area contributed by atoms with E-state index in [2.05, 4.69) is 20.4 Å². The van der Waals surface area contributed by atoms with E-state index < -0.39 is 18.0 Å². The van der Waals surface area contributed by atoms with Crippen molar-refractivity contribution in [1.82, 2.24) is 4.98 Å². The van der Waals surface area contributed by atoms with Crippen LogP contribution in [0.25, 0.3) is 0 Å². The Kier molecular flexibility index (Phi) is 4.34. The summed E-state index contributed by atoms with van der Waals surface area (Å²) < 4.78 is 45.0. The van der Waals surface area contributed by atoms with Crippen LogP contribution in [0.15, 0.2) is 34.9 Å². The standard InChI is InChI=1S/C15H12F3N3O4/c16-15(17,18)25-10-5-3-9(4-6-10)19-13(23)11-7-24-14(20-11)21-12(22)8-1-2-8/h3-8H,1-2H2,(H,19,23)(H,20,21,22). The molecule has 1 aromatic heterocycles. The summed E-state index contributed by atoms with van der Waals surface area (Å²) >= 11 is 0. The highest BCUT2D eigenvalue weighted by molar-refractivity contribution is 6.03. The minimum absolute atomic E-state index is 0.0402. The molecule has 0 saturated heterocycles. The first kappa shape index (κ1) is 16.8. The zero-order valence-electron chi connectivity index (χ0n) is 12.6. The smallest absolute Gasteiger partial charge is 0.431 e. The normalized spacial score (nSPS) is 14.0. The van der Waals surface area contributed by atoms with E-state index in [1.807, 2.05) is 0 Å². The Morgan fingerprint density at radius 1 is 1.16 bits per heavy atom. The number of carbonyl (C=O) groups is 2. The molecular weight excluding hydrogens is 343 g/mol. The molecule has 2 N–H and O–H groups in total. The number of ether oxygens (including phenoxy) is 1. The van der Waals surface area contributed by atoms with E-state index in [1.165, 1.54) is 12.1 Å². The van der Waals surface area contributed by atoms with Gasteiger partial charge in [0.25, 0.3) is 5.91 Å². The molecule has 1 aromatic carbocycles. The fraction of sp³-hybridized carbons (Fsp3) is 0.267. The van der Waals surface area contributed by atoms with Crippen molar-refractivity contribution in [3.05, 3.63) is 36.2 Å². The molecule has 2 aromatic rings. The summed E-state index contributed by atoms with van der Waals surface area (Å²) in [5.41, 5.74) is 0.160. The third-order valence-electron chi connectivity index (χ3n) is 3.26. The molecular formula is C15H12F3N3O4. The molecule has 1 aliphatic carbocycles. The van der Waals surface area contributed by atoms with Crippen LogP contribution in [0.4, 0.5) is 24.9 Å². The minimum atomic E-state index is -4.78. The minimum Gasteiger partial charge on any atom is -0.431 e. The van der Waals surface area contributed by atoms with E-state index in [9.17, 15) is 22.8 Å². The van der Waals surface area contributed by atoms with Gasteiger partial charge in [-0.05, 0) is 37.1 Å². The lowest BCUT2D eigenvalue weighted by atomic mass is 10.3. The predicted octanol–water partition coefficient (Wildman–Crippen LogP) is 3.17. The third kappa shape index (κ3) is 4.72. The number of aromatic nitrogens is 1. The molecule has 0 bridgehead atoms.